The number of aromatic amines is 2. The number of aryl methyl sites for hydroxylation is 1. The average molecular weight is 450 g/mol. The van der Waals surface area contributed by atoms with E-state index in [1.165, 1.54) is 0 Å². The van der Waals surface area contributed by atoms with Gasteiger partial charge >= 0.3 is 0 Å². The van der Waals surface area contributed by atoms with Gasteiger partial charge in [-0.15, -0.1) is 0 Å². The summed E-state index contributed by atoms with van der Waals surface area (Å²) < 4.78 is 2.00. The lowest BCUT2D eigenvalue weighted by molar-refractivity contribution is 0.402. The summed E-state index contributed by atoms with van der Waals surface area (Å²) in [4.78, 5) is 23.8. The second-order valence-electron chi connectivity index (χ2n) is 8.68. The number of H-pyrrole nitrogens is 2. The molecule has 34 heavy (non-hydrogen) atoms. The topological polar surface area (TPSA) is 104 Å². The second kappa shape index (κ2) is 7.89. The van der Waals surface area contributed by atoms with Crippen LogP contribution in [0.15, 0.2) is 61.4 Å². The molecule has 0 aliphatic rings. The van der Waals surface area contributed by atoms with Gasteiger partial charge in [0.2, 0.25) is 0 Å². The Morgan fingerprint density at radius 2 is 1.97 bits per heavy atom. The van der Waals surface area contributed by atoms with Crippen molar-refractivity contribution in [2.24, 2.45) is 0 Å². The smallest absolute Gasteiger partial charge is 0.139 e. The van der Waals surface area contributed by atoms with E-state index in [0.29, 0.717) is 0 Å². The van der Waals surface area contributed by atoms with Crippen molar-refractivity contribution < 1.29 is 0 Å². The third-order valence-corrected chi connectivity index (χ3v) is 5.75. The fourth-order valence-corrected chi connectivity index (χ4v) is 4.25. The zero-order valence-corrected chi connectivity index (χ0v) is 19.1. The van der Waals surface area contributed by atoms with Crippen molar-refractivity contribution in [1.29, 1.82) is 0 Å². The molecule has 0 aliphatic heterocycles. The van der Waals surface area contributed by atoms with E-state index in [0.717, 1.165) is 68.2 Å². The van der Waals surface area contributed by atoms with Crippen LogP contribution in [0.2, 0.25) is 0 Å². The van der Waals surface area contributed by atoms with Crippen LogP contribution in [0.25, 0.3) is 50.4 Å². The minimum atomic E-state index is 0.750. The van der Waals surface area contributed by atoms with Crippen molar-refractivity contribution >= 4 is 22.1 Å². The van der Waals surface area contributed by atoms with Crippen molar-refractivity contribution in [3.63, 3.8) is 0 Å². The molecule has 0 unspecified atom stereocenters. The van der Waals surface area contributed by atoms with Gasteiger partial charge in [0.1, 0.15) is 16.9 Å². The lowest BCUT2D eigenvalue weighted by Crippen LogP contribution is -2.10. The number of hydrogen-bond acceptors (Lipinski definition) is 6. The van der Waals surface area contributed by atoms with Crippen molar-refractivity contribution in [3.8, 4) is 28.3 Å². The number of pyridine rings is 3. The average Bonchev–Trinajstić information content (AvgIpc) is 3.55. The van der Waals surface area contributed by atoms with Crippen molar-refractivity contribution in [1.82, 2.24) is 44.6 Å². The van der Waals surface area contributed by atoms with Crippen molar-refractivity contribution in [3.05, 3.63) is 72.7 Å². The van der Waals surface area contributed by atoms with E-state index >= 15 is 0 Å². The van der Waals surface area contributed by atoms with Gasteiger partial charge in [-0.1, -0.05) is 0 Å². The molecule has 0 spiro atoms. The molecule has 0 saturated carbocycles. The van der Waals surface area contributed by atoms with Gasteiger partial charge in [0.15, 0.2) is 0 Å². The van der Waals surface area contributed by atoms with E-state index in [4.69, 9.17) is 4.98 Å². The molecule has 0 bridgehead atoms. The molecule has 6 rings (SSSR count). The van der Waals surface area contributed by atoms with Gasteiger partial charge < -0.3 is 14.5 Å². The molecule has 6 aromatic rings. The Labute approximate surface area is 195 Å². The maximum atomic E-state index is 4.95. The summed E-state index contributed by atoms with van der Waals surface area (Å²) in [6, 6.07) is 10.2. The van der Waals surface area contributed by atoms with Crippen LogP contribution in [0.3, 0.4) is 0 Å². The first kappa shape index (κ1) is 20.3. The first-order valence-electron chi connectivity index (χ1n) is 11.0. The van der Waals surface area contributed by atoms with E-state index in [1.807, 2.05) is 68.7 Å². The maximum absolute atomic E-state index is 4.95. The lowest BCUT2D eigenvalue weighted by Gasteiger charge is -2.10. The van der Waals surface area contributed by atoms with Crippen LogP contribution in [-0.2, 0) is 6.54 Å². The Bertz CT molecular complexity index is 1640. The highest BCUT2D eigenvalue weighted by Gasteiger charge is 2.16. The monoisotopic (exact) mass is 449 g/mol. The van der Waals surface area contributed by atoms with E-state index < -0.39 is 0 Å². The quantitative estimate of drug-likeness (QED) is 0.410. The second-order valence-corrected chi connectivity index (χ2v) is 8.68. The van der Waals surface area contributed by atoms with Crippen LogP contribution < -0.4 is 0 Å². The Morgan fingerprint density at radius 1 is 1.06 bits per heavy atom. The molecule has 0 fully saturated rings. The van der Waals surface area contributed by atoms with Gasteiger partial charge in [-0.25, -0.2) is 15.0 Å². The molecule has 0 aromatic carbocycles. The zero-order chi connectivity index (χ0) is 23.2. The van der Waals surface area contributed by atoms with Crippen molar-refractivity contribution in [2.75, 3.05) is 14.1 Å². The van der Waals surface area contributed by atoms with Crippen LogP contribution in [0, 0.1) is 6.92 Å². The minimum Gasteiger partial charge on any atom is -0.338 e. The highest BCUT2D eigenvalue weighted by atomic mass is 15.1. The summed E-state index contributed by atoms with van der Waals surface area (Å²) in [5.41, 5.74) is 8.98. The Balaban J connectivity index is 1.45. The van der Waals surface area contributed by atoms with Gasteiger partial charge in [-0.2, -0.15) is 5.10 Å². The molecule has 0 saturated heterocycles. The van der Waals surface area contributed by atoms with Crippen LogP contribution >= 0.6 is 0 Å². The van der Waals surface area contributed by atoms with E-state index in [9.17, 15) is 0 Å². The minimum absolute atomic E-state index is 0.750. The fourth-order valence-electron chi connectivity index (χ4n) is 4.25. The van der Waals surface area contributed by atoms with E-state index in [-0.39, 0.29) is 0 Å². The lowest BCUT2D eigenvalue weighted by atomic mass is 10.1. The molecule has 0 amide bonds. The number of rotatable bonds is 5. The molecule has 0 atom stereocenters. The third-order valence-electron chi connectivity index (χ3n) is 5.75. The number of nitrogens with one attached hydrogen (secondary N) is 2. The molecule has 6 heterocycles. The molecule has 0 radical (unpaired) electrons. The first-order chi connectivity index (χ1) is 16.5. The molecule has 0 aliphatic carbocycles. The normalized spacial score (nSPS) is 11.8. The predicted molar refractivity (Wildman–Crippen MR) is 131 cm³/mol. The summed E-state index contributed by atoms with van der Waals surface area (Å²) >= 11 is 0. The molecule has 9 nitrogen and oxygen atoms in total. The molecular formula is C25H23N9. The Kier molecular flexibility index (Phi) is 4.70. The van der Waals surface area contributed by atoms with E-state index in [2.05, 4.69) is 47.2 Å². The number of hydrogen-bond donors (Lipinski definition) is 2. The standard InChI is InChI=1S/C25H23N9/c1-15-12-34(14-28-15)22-6-7-27-25-18(22)9-21(30-25)24-23-20(31-32-24)5-4-19(29-23)17-8-16(10-26-11-17)13-33(2)3/h4-12,14H,13H2,1-3H3,(H,27,30)(H,31,32). The van der Waals surface area contributed by atoms with Crippen LogP contribution in [0.1, 0.15) is 11.3 Å². The van der Waals surface area contributed by atoms with E-state index in [1.54, 1.807) is 6.20 Å². The molecule has 168 valence electrons. The summed E-state index contributed by atoms with van der Waals surface area (Å²) in [5.74, 6) is 0. The van der Waals surface area contributed by atoms with Crippen LogP contribution in [0.5, 0.6) is 0 Å². The summed E-state index contributed by atoms with van der Waals surface area (Å²) in [6.07, 6.45) is 9.34. The van der Waals surface area contributed by atoms with Crippen molar-refractivity contribution in [2.45, 2.75) is 13.5 Å². The molecule has 2 N–H and O–H groups in total. The highest BCUT2D eigenvalue weighted by Crippen LogP contribution is 2.31. The third kappa shape index (κ3) is 3.52. The summed E-state index contributed by atoms with van der Waals surface area (Å²) in [6.45, 7) is 2.79. The number of fused-ring (bicyclic) bond motifs is 2. The van der Waals surface area contributed by atoms with Crippen LogP contribution in [-0.4, -0.2) is 58.7 Å². The van der Waals surface area contributed by atoms with Gasteiger partial charge in [0.25, 0.3) is 0 Å². The molecule has 9 heteroatoms. The number of imidazole rings is 1. The van der Waals surface area contributed by atoms with Gasteiger partial charge in [-0.05, 0) is 56.9 Å². The molecular weight excluding hydrogens is 426 g/mol. The summed E-state index contributed by atoms with van der Waals surface area (Å²) in [5, 5.41) is 8.67. The highest BCUT2D eigenvalue weighted by molar-refractivity contribution is 5.95. The number of aromatic nitrogens is 8. The van der Waals surface area contributed by atoms with Crippen LogP contribution in [0.4, 0.5) is 0 Å². The van der Waals surface area contributed by atoms with Gasteiger partial charge in [0, 0.05) is 42.3 Å². The predicted octanol–water partition coefficient (Wildman–Crippen LogP) is 4.12. The summed E-state index contributed by atoms with van der Waals surface area (Å²) in [7, 11) is 4.09. The Hall–Kier alpha value is -4.37. The van der Waals surface area contributed by atoms with Gasteiger partial charge in [-0.3, -0.25) is 10.1 Å². The van der Waals surface area contributed by atoms with Gasteiger partial charge in [0.05, 0.1) is 34.6 Å². The first-order valence-corrected chi connectivity index (χ1v) is 11.0. The SMILES string of the molecule is Cc1cn(-c2ccnc3[nH]c(-c4n[nH]c5ccc(-c6cncc(CN(C)C)c6)nc45)cc23)cn1. The molecule has 6 aromatic heterocycles. The fraction of sp³-hybridized carbons (Fsp3) is 0.160. The number of nitrogens with zero attached hydrogens (tertiary/aromatic N) is 7. The maximum Gasteiger partial charge on any atom is 0.139 e. The largest absolute Gasteiger partial charge is 0.338 e. The zero-order valence-electron chi connectivity index (χ0n) is 19.1. The Morgan fingerprint density at radius 3 is 2.79 bits per heavy atom.